The second kappa shape index (κ2) is 4.53. The maximum absolute atomic E-state index is 8.10. The first kappa shape index (κ1) is 7.37. The number of nitrogens with two attached hydrogens (primary N) is 1. The number of nitrogens with zero attached hydrogens (tertiary/aromatic N) is 1. The van der Waals surface area contributed by atoms with Crippen LogP contribution in [0.25, 0.3) is 0 Å². The first-order valence-electron chi connectivity index (χ1n) is 2.34. The van der Waals surface area contributed by atoms with Crippen molar-refractivity contribution < 1.29 is 0 Å². The quantitative estimate of drug-likeness (QED) is 0.393. The van der Waals surface area contributed by atoms with Crippen LogP contribution < -0.4 is 16.4 Å². The van der Waals surface area contributed by atoms with E-state index >= 15 is 0 Å². The van der Waals surface area contributed by atoms with Gasteiger partial charge in [-0.3, -0.25) is 5.32 Å². The SMILES string of the molecule is CNCNC(N)C#N. The highest BCUT2D eigenvalue weighted by molar-refractivity contribution is 4.83. The Kier molecular flexibility index (Phi) is 4.17. The van der Waals surface area contributed by atoms with Crippen molar-refractivity contribution in [3.8, 4) is 6.07 Å². The lowest BCUT2D eigenvalue weighted by Crippen LogP contribution is -2.40. The maximum Gasteiger partial charge on any atom is 0.146 e. The third-order valence-electron chi connectivity index (χ3n) is 0.638. The molecule has 0 aromatic rings. The maximum atomic E-state index is 8.10. The molecule has 0 aliphatic heterocycles. The van der Waals surface area contributed by atoms with Gasteiger partial charge in [0.05, 0.1) is 6.07 Å². The summed E-state index contributed by atoms with van der Waals surface area (Å²) in [5.74, 6) is 0. The van der Waals surface area contributed by atoms with Gasteiger partial charge in [0.15, 0.2) is 0 Å². The predicted octanol–water partition coefficient (Wildman–Crippen LogP) is -1.44. The molecule has 0 aromatic carbocycles. The van der Waals surface area contributed by atoms with Crippen molar-refractivity contribution in [2.45, 2.75) is 6.17 Å². The Balaban J connectivity index is 3.02. The molecule has 4 N–H and O–H groups in total. The van der Waals surface area contributed by atoms with Crippen molar-refractivity contribution in [2.24, 2.45) is 5.73 Å². The smallest absolute Gasteiger partial charge is 0.146 e. The fraction of sp³-hybridized carbons (Fsp3) is 0.750. The number of nitriles is 1. The molecular formula is C4H10N4. The Labute approximate surface area is 48.7 Å². The van der Waals surface area contributed by atoms with Crippen LogP contribution in [-0.2, 0) is 0 Å². The molecule has 0 saturated heterocycles. The molecule has 0 amide bonds. The molecule has 0 aliphatic rings. The van der Waals surface area contributed by atoms with E-state index in [1.807, 2.05) is 6.07 Å². The van der Waals surface area contributed by atoms with Gasteiger partial charge in [-0.15, -0.1) is 0 Å². The van der Waals surface area contributed by atoms with Gasteiger partial charge < -0.3 is 11.1 Å². The summed E-state index contributed by atoms with van der Waals surface area (Å²) in [7, 11) is 1.77. The first-order valence-corrected chi connectivity index (χ1v) is 2.34. The van der Waals surface area contributed by atoms with Gasteiger partial charge in [0.25, 0.3) is 0 Å². The van der Waals surface area contributed by atoms with Crippen LogP contribution in [0.15, 0.2) is 0 Å². The van der Waals surface area contributed by atoms with Crippen molar-refractivity contribution in [3.63, 3.8) is 0 Å². The fourth-order valence-electron chi connectivity index (χ4n) is 0.258. The van der Waals surface area contributed by atoms with Crippen molar-refractivity contribution in [3.05, 3.63) is 0 Å². The summed E-state index contributed by atoms with van der Waals surface area (Å²) >= 11 is 0. The van der Waals surface area contributed by atoms with Crippen molar-refractivity contribution >= 4 is 0 Å². The summed E-state index contributed by atoms with van der Waals surface area (Å²) < 4.78 is 0. The molecule has 0 aliphatic carbocycles. The summed E-state index contributed by atoms with van der Waals surface area (Å²) in [5, 5.41) is 13.6. The summed E-state index contributed by atoms with van der Waals surface area (Å²) in [6.07, 6.45) is -0.553. The van der Waals surface area contributed by atoms with E-state index in [-0.39, 0.29) is 0 Å². The Morgan fingerprint density at radius 3 is 2.88 bits per heavy atom. The van der Waals surface area contributed by atoms with E-state index in [2.05, 4.69) is 10.6 Å². The minimum atomic E-state index is -0.553. The summed E-state index contributed by atoms with van der Waals surface area (Å²) in [6.45, 7) is 0.564. The lowest BCUT2D eigenvalue weighted by molar-refractivity contribution is 0.581. The monoisotopic (exact) mass is 114 g/mol. The Morgan fingerprint density at radius 1 is 1.88 bits per heavy atom. The summed E-state index contributed by atoms with van der Waals surface area (Å²) in [6, 6.07) is 1.83. The molecular weight excluding hydrogens is 104 g/mol. The molecule has 0 bridgehead atoms. The minimum absolute atomic E-state index is 0.553. The highest BCUT2D eigenvalue weighted by Crippen LogP contribution is 1.59. The topological polar surface area (TPSA) is 73.9 Å². The van der Waals surface area contributed by atoms with E-state index in [0.29, 0.717) is 6.67 Å². The van der Waals surface area contributed by atoms with E-state index in [1.165, 1.54) is 0 Å². The predicted molar refractivity (Wildman–Crippen MR) is 30.7 cm³/mol. The molecule has 0 saturated carbocycles. The first-order chi connectivity index (χ1) is 3.81. The van der Waals surface area contributed by atoms with Crippen LogP contribution >= 0.6 is 0 Å². The molecule has 4 heteroatoms. The molecule has 0 heterocycles. The van der Waals surface area contributed by atoms with Crippen LogP contribution in [0.1, 0.15) is 0 Å². The fourth-order valence-corrected chi connectivity index (χ4v) is 0.258. The zero-order chi connectivity index (χ0) is 6.41. The zero-order valence-corrected chi connectivity index (χ0v) is 4.81. The molecule has 1 unspecified atom stereocenters. The molecule has 0 spiro atoms. The molecule has 4 nitrogen and oxygen atoms in total. The second-order valence-electron chi connectivity index (χ2n) is 1.34. The van der Waals surface area contributed by atoms with Crippen molar-refractivity contribution in [2.75, 3.05) is 13.7 Å². The van der Waals surface area contributed by atoms with Crippen LogP contribution in [0.2, 0.25) is 0 Å². The van der Waals surface area contributed by atoms with Crippen LogP contribution in [0, 0.1) is 11.3 Å². The van der Waals surface area contributed by atoms with Crippen molar-refractivity contribution in [1.82, 2.24) is 10.6 Å². The number of nitrogens with one attached hydrogen (secondary N) is 2. The van der Waals surface area contributed by atoms with Gasteiger partial charge in [-0.25, -0.2) is 0 Å². The van der Waals surface area contributed by atoms with E-state index in [0.717, 1.165) is 0 Å². The Bertz CT molecular complexity index is 84.5. The van der Waals surface area contributed by atoms with Gasteiger partial charge in [-0.05, 0) is 7.05 Å². The molecule has 0 fully saturated rings. The molecule has 46 valence electrons. The van der Waals surface area contributed by atoms with Crippen LogP contribution in [-0.4, -0.2) is 19.9 Å². The largest absolute Gasteiger partial charge is 0.308 e. The third kappa shape index (κ3) is 3.56. The van der Waals surface area contributed by atoms with Crippen LogP contribution in [0.4, 0.5) is 0 Å². The average Bonchev–Trinajstić information content (AvgIpc) is 1.83. The van der Waals surface area contributed by atoms with Gasteiger partial charge in [0, 0.05) is 6.67 Å². The van der Waals surface area contributed by atoms with Crippen molar-refractivity contribution in [1.29, 1.82) is 5.26 Å². The number of rotatable bonds is 3. The molecule has 0 aromatic heterocycles. The standard InChI is InChI=1S/C4H10N4/c1-7-3-8-4(6)2-5/h4,7-8H,3,6H2,1H3. The molecule has 0 radical (unpaired) electrons. The minimum Gasteiger partial charge on any atom is -0.308 e. The number of hydrogen-bond acceptors (Lipinski definition) is 4. The van der Waals surface area contributed by atoms with Gasteiger partial charge in [-0.1, -0.05) is 0 Å². The highest BCUT2D eigenvalue weighted by Gasteiger charge is 1.92. The lowest BCUT2D eigenvalue weighted by Gasteiger charge is -2.02. The van der Waals surface area contributed by atoms with E-state index < -0.39 is 6.17 Å². The van der Waals surface area contributed by atoms with Gasteiger partial charge >= 0.3 is 0 Å². The summed E-state index contributed by atoms with van der Waals surface area (Å²) in [5.41, 5.74) is 5.15. The second-order valence-corrected chi connectivity index (χ2v) is 1.34. The summed E-state index contributed by atoms with van der Waals surface area (Å²) in [4.78, 5) is 0. The van der Waals surface area contributed by atoms with E-state index in [9.17, 15) is 0 Å². The Hall–Kier alpha value is -0.630. The third-order valence-corrected chi connectivity index (χ3v) is 0.638. The normalized spacial score (nSPS) is 12.6. The van der Waals surface area contributed by atoms with Crippen LogP contribution in [0.3, 0.4) is 0 Å². The van der Waals surface area contributed by atoms with Gasteiger partial charge in [0.2, 0.25) is 0 Å². The van der Waals surface area contributed by atoms with Gasteiger partial charge in [0.1, 0.15) is 6.17 Å². The van der Waals surface area contributed by atoms with Crippen LogP contribution in [0.5, 0.6) is 0 Å². The molecule has 8 heavy (non-hydrogen) atoms. The lowest BCUT2D eigenvalue weighted by atomic mass is 10.6. The highest BCUT2D eigenvalue weighted by atomic mass is 15.1. The molecule has 0 rings (SSSR count). The van der Waals surface area contributed by atoms with Gasteiger partial charge in [-0.2, -0.15) is 5.26 Å². The zero-order valence-electron chi connectivity index (χ0n) is 4.81. The molecule has 1 atom stereocenters. The Morgan fingerprint density at radius 2 is 2.50 bits per heavy atom. The van der Waals surface area contributed by atoms with E-state index in [1.54, 1.807) is 7.05 Å². The van der Waals surface area contributed by atoms with E-state index in [4.69, 9.17) is 11.0 Å². The average molecular weight is 114 g/mol. The number of hydrogen-bond donors (Lipinski definition) is 3.